The van der Waals surface area contributed by atoms with Gasteiger partial charge in [-0.15, -0.1) is 0 Å². The van der Waals surface area contributed by atoms with E-state index in [9.17, 15) is 19.2 Å². The van der Waals surface area contributed by atoms with Gasteiger partial charge in [0.15, 0.2) is 23.1 Å². The first-order chi connectivity index (χ1) is 12.4. The van der Waals surface area contributed by atoms with E-state index in [1.54, 1.807) is 0 Å². The summed E-state index contributed by atoms with van der Waals surface area (Å²) in [5, 5.41) is -0.163. The lowest BCUT2D eigenvalue weighted by Gasteiger charge is -2.06. The van der Waals surface area contributed by atoms with Gasteiger partial charge in [0.2, 0.25) is 0 Å². The van der Waals surface area contributed by atoms with E-state index in [0.717, 1.165) is 12.2 Å². The maximum atomic E-state index is 11.6. The van der Waals surface area contributed by atoms with Crippen LogP contribution in [0.5, 0.6) is 0 Å². The van der Waals surface area contributed by atoms with E-state index in [1.807, 2.05) is 0 Å². The van der Waals surface area contributed by atoms with E-state index in [2.05, 4.69) is 23.7 Å². The monoisotopic (exact) mass is 386 g/mol. The molecule has 0 aromatic heterocycles. The molecule has 0 fully saturated rings. The molecule has 0 bridgehead atoms. The van der Waals surface area contributed by atoms with Crippen LogP contribution in [0.15, 0.2) is 45.5 Å². The fourth-order valence-electron chi connectivity index (χ4n) is 2.15. The van der Waals surface area contributed by atoms with Gasteiger partial charge in [-0.05, 0) is 36.8 Å². The second-order valence-electron chi connectivity index (χ2n) is 5.38. The summed E-state index contributed by atoms with van der Waals surface area (Å²) in [5.41, 5.74) is 0.751. The average molecular weight is 387 g/mol. The molecule has 0 heterocycles. The molecule has 0 amide bonds. The van der Waals surface area contributed by atoms with Gasteiger partial charge in [0.1, 0.15) is 0 Å². The summed E-state index contributed by atoms with van der Waals surface area (Å²) in [7, 11) is 0. The highest BCUT2D eigenvalue weighted by Gasteiger charge is 2.18. The quantitative estimate of drug-likeness (QED) is 0.550. The van der Waals surface area contributed by atoms with Crippen molar-refractivity contribution in [3.8, 4) is 23.7 Å². The lowest BCUT2D eigenvalue weighted by molar-refractivity contribution is -0.114. The average Bonchev–Trinajstić information content (AvgIpc) is 2.58. The van der Waals surface area contributed by atoms with Crippen molar-refractivity contribution in [1.29, 1.82) is 0 Å². The maximum absolute atomic E-state index is 11.6. The molecule has 0 N–H and O–H groups in total. The molecule has 2 aliphatic rings. The van der Waals surface area contributed by atoms with Crippen LogP contribution in [0.25, 0.3) is 0 Å². The second kappa shape index (κ2) is 9.15. The van der Waals surface area contributed by atoms with Gasteiger partial charge in [-0.3, -0.25) is 19.2 Å². The first-order valence-corrected chi connectivity index (χ1v) is 8.42. The molecular weight excluding hydrogens is 375 g/mol. The van der Waals surface area contributed by atoms with Crippen LogP contribution in [-0.4, -0.2) is 23.1 Å². The summed E-state index contributed by atoms with van der Waals surface area (Å²) in [4.78, 5) is 46.1. The topological polar surface area (TPSA) is 68.3 Å². The number of hydrogen-bond donors (Lipinski definition) is 0. The van der Waals surface area contributed by atoms with Gasteiger partial charge in [0.25, 0.3) is 0 Å². The van der Waals surface area contributed by atoms with Crippen LogP contribution in [0.1, 0.15) is 25.7 Å². The van der Waals surface area contributed by atoms with E-state index in [0.29, 0.717) is 36.8 Å². The van der Waals surface area contributed by atoms with Gasteiger partial charge < -0.3 is 0 Å². The van der Waals surface area contributed by atoms with E-state index in [1.165, 1.54) is 12.2 Å². The summed E-state index contributed by atoms with van der Waals surface area (Å²) in [5.74, 6) is 9.56. The zero-order chi connectivity index (χ0) is 19.1. The van der Waals surface area contributed by atoms with Gasteiger partial charge in [-0.2, -0.15) is 0 Å². The SMILES string of the molecule is O=C1C=C(CCC#CC#CCCC2=CC(=O)C(Cl)=CC2=O)C(=O)C=C1Cl. The van der Waals surface area contributed by atoms with E-state index in [-0.39, 0.29) is 33.2 Å². The Balaban J connectivity index is 1.77. The molecule has 0 aliphatic heterocycles. The van der Waals surface area contributed by atoms with Gasteiger partial charge in [-0.1, -0.05) is 35.0 Å². The van der Waals surface area contributed by atoms with E-state index < -0.39 is 0 Å². The van der Waals surface area contributed by atoms with Crippen molar-refractivity contribution in [2.24, 2.45) is 0 Å². The molecule has 0 atom stereocenters. The third kappa shape index (κ3) is 5.43. The van der Waals surface area contributed by atoms with Crippen LogP contribution in [0.3, 0.4) is 0 Å². The highest BCUT2D eigenvalue weighted by molar-refractivity contribution is 6.48. The number of hydrogen-bond acceptors (Lipinski definition) is 4. The summed E-state index contributed by atoms with van der Waals surface area (Å²) < 4.78 is 0. The molecule has 0 unspecified atom stereocenters. The molecule has 130 valence electrons. The molecule has 0 aromatic rings. The zero-order valence-electron chi connectivity index (χ0n) is 13.5. The number of ketones is 4. The lowest BCUT2D eigenvalue weighted by Crippen LogP contribution is -2.10. The molecule has 26 heavy (non-hydrogen) atoms. The van der Waals surface area contributed by atoms with Crippen molar-refractivity contribution in [3.63, 3.8) is 0 Å². The van der Waals surface area contributed by atoms with Crippen LogP contribution in [0, 0.1) is 23.7 Å². The predicted molar refractivity (Wildman–Crippen MR) is 98.1 cm³/mol. The summed E-state index contributed by atoms with van der Waals surface area (Å²) in [6.07, 6.45) is 6.14. The zero-order valence-corrected chi connectivity index (χ0v) is 15.0. The standard InChI is InChI=1S/C20H12Cl2O4/c21-15-11-17(23)13(9-19(15)25)7-5-3-1-2-4-6-8-14-10-20(26)16(22)12-18(14)24/h9-12H,5-8H2. The Morgan fingerprint density at radius 2 is 1.00 bits per heavy atom. The predicted octanol–water partition coefficient (Wildman–Crippen LogP) is 2.96. The molecule has 6 heteroatoms. The fourth-order valence-corrected chi connectivity index (χ4v) is 2.46. The smallest absolute Gasteiger partial charge is 0.197 e. The molecular formula is C20H12Cl2O4. The van der Waals surface area contributed by atoms with Crippen molar-refractivity contribution < 1.29 is 19.2 Å². The minimum atomic E-state index is -0.379. The van der Waals surface area contributed by atoms with Crippen molar-refractivity contribution >= 4 is 46.3 Å². The number of allylic oxidation sites excluding steroid dienone is 8. The minimum absolute atomic E-state index is 0.0817. The number of carbonyl (C=O) groups excluding carboxylic acids is 4. The van der Waals surface area contributed by atoms with Crippen molar-refractivity contribution in [2.45, 2.75) is 25.7 Å². The number of carbonyl (C=O) groups is 4. The van der Waals surface area contributed by atoms with Crippen LogP contribution < -0.4 is 0 Å². The van der Waals surface area contributed by atoms with Crippen LogP contribution in [0.4, 0.5) is 0 Å². The minimum Gasteiger partial charge on any atom is -0.290 e. The highest BCUT2D eigenvalue weighted by Crippen LogP contribution is 2.19. The molecule has 0 saturated carbocycles. The Kier molecular flexibility index (Phi) is 6.92. The van der Waals surface area contributed by atoms with E-state index in [4.69, 9.17) is 23.2 Å². The Bertz CT molecular complexity index is 860. The normalized spacial score (nSPS) is 16.5. The van der Waals surface area contributed by atoms with Gasteiger partial charge in [-0.25, -0.2) is 0 Å². The van der Waals surface area contributed by atoms with Crippen LogP contribution in [0.2, 0.25) is 0 Å². The fraction of sp³-hybridized carbons (Fsp3) is 0.200. The number of halogens is 2. The molecule has 0 saturated heterocycles. The molecule has 0 aromatic carbocycles. The van der Waals surface area contributed by atoms with Crippen LogP contribution in [-0.2, 0) is 19.2 Å². The summed E-state index contributed by atoms with van der Waals surface area (Å²) in [6.45, 7) is 0. The summed E-state index contributed by atoms with van der Waals surface area (Å²) in [6, 6.07) is 0. The number of rotatable bonds is 4. The molecule has 2 aliphatic carbocycles. The Morgan fingerprint density at radius 3 is 1.38 bits per heavy atom. The van der Waals surface area contributed by atoms with E-state index >= 15 is 0 Å². The van der Waals surface area contributed by atoms with Crippen LogP contribution >= 0.6 is 23.2 Å². The molecule has 0 radical (unpaired) electrons. The Hall–Kier alpha value is -2.66. The third-order valence-corrected chi connectivity index (χ3v) is 4.10. The van der Waals surface area contributed by atoms with Gasteiger partial charge in [0, 0.05) is 36.1 Å². The Morgan fingerprint density at radius 1 is 0.615 bits per heavy atom. The highest BCUT2D eigenvalue weighted by atomic mass is 35.5. The molecule has 0 spiro atoms. The molecule has 2 rings (SSSR count). The van der Waals surface area contributed by atoms with Crippen molar-refractivity contribution in [3.05, 3.63) is 45.5 Å². The maximum Gasteiger partial charge on any atom is 0.197 e. The first kappa shape index (κ1) is 19.7. The Labute approximate surface area is 160 Å². The molecule has 4 nitrogen and oxygen atoms in total. The van der Waals surface area contributed by atoms with Gasteiger partial charge >= 0.3 is 0 Å². The van der Waals surface area contributed by atoms with Crippen molar-refractivity contribution in [2.75, 3.05) is 0 Å². The first-order valence-electron chi connectivity index (χ1n) is 7.67. The second-order valence-corrected chi connectivity index (χ2v) is 6.20. The van der Waals surface area contributed by atoms with Crippen molar-refractivity contribution in [1.82, 2.24) is 0 Å². The summed E-state index contributed by atoms with van der Waals surface area (Å²) >= 11 is 11.2. The third-order valence-electron chi connectivity index (χ3n) is 3.51. The van der Waals surface area contributed by atoms with Gasteiger partial charge in [0.05, 0.1) is 10.1 Å². The lowest BCUT2D eigenvalue weighted by atomic mass is 9.99. The largest absolute Gasteiger partial charge is 0.290 e.